The van der Waals surface area contributed by atoms with E-state index in [0.29, 0.717) is 12.2 Å². The molecule has 2 N–H and O–H groups in total. The van der Waals surface area contributed by atoms with E-state index in [4.69, 9.17) is 0 Å². The predicted molar refractivity (Wildman–Crippen MR) is 82.1 cm³/mol. The Morgan fingerprint density at radius 3 is 2.24 bits per heavy atom. The fourth-order valence-electron chi connectivity index (χ4n) is 1.64. The molecule has 0 aromatic carbocycles. The summed E-state index contributed by atoms with van der Waals surface area (Å²) in [5, 5.41) is 5.36. The van der Waals surface area contributed by atoms with E-state index in [2.05, 4.69) is 24.6 Å². The van der Waals surface area contributed by atoms with Crippen molar-refractivity contribution in [3.8, 4) is 0 Å². The van der Waals surface area contributed by atoms with E-state index < -0.39 is 6.04 Å². The van der Waals surface area contributed by atoms with Gasteiger partial charge in [0.1, 0.15) is 11.6 Å². The number of Topliss-reactive ketones (excluding diaryl/α,β-unsaturated/α-hetero) is 2. The van der Waals surface area contributed by atoms with Gasteiger partial charge in [0.15, 0.2) is 0 Å². The minimum atomic E-state index is -0.444. The van der Waals surface area contributed by atoms with Crippen LogP contribution < -0.4 is 10.6 Å². The van der Waals surface area contributed by atoms with Crippen LogP contribution in [0.4, 0.5) is 0 Å². The third-order valence-corrected chi connectivity index (χ3v) is 3.96. The maximum Gasteiger partial charge on any atom is 2.00 e. The second-order valence-corrected chi connectivity index (χ2v) is 5.70. The first-order valence-electron chi connectivity index (χ1n) is 6.62. The largest absolute Gasteiger partial charge is 2.00 e. The van der Waals surface area contributed by atoms with Crippen molar-refractivity contribution in [2.24, 2.45) is 0 Å². The number of carbonyl (C=O) groups excluding carboxylic acids is 3. The third kappa shape index (κ3) is 11.1. The van der Waals surface area contributed by atoms with Gasteiger partial charge in [0.25, 0.3) is 0 Å². The van der Waals surface area contributed by atoms with Gasteiger partial charge >= 0.3 is 21.1 Å². The van der Waals surface area contributed by atoms with E-state index in [1.165, 1.54) is 13.8 Å². The Labute approximate surface area is 146 Å². The monoisotopic (exact) mass is 484 g/mol. The molecule has 0 aliphatic rings. The van der Waals surface area contributed by atoms with Crippen LogP contribution in [0.2, 0.25) is 0 Å². The van der Waals surface area contributed by atoms with E-state index in [0.717, 1.165) is 12.2 Å². The molecule has 0 radical (unpaired) electrons. The van der Waals surface area contributed by atoms with Crippen LogP contribution in [0.25, 0.3) is 0 Å². The first kappa shape index (κ1) is 23.1. The number of ketones is 2. The minimum absolute atomic E-state index is 0. The van der Waals surface area contributed by atoms with Crippen molar-refractivity contribution < 1.29 is 35.4 Å². The molecule has 0 rings (SSSR count). The molecule has 0 bridgehead atoms. The standard InChI is InChI=1S/C14H24N2O3S.W/c1-5-14(19)12(16-11(3)18)7-6-8-20-9-13(15-4)10(2)17;/h12-13,15H,1,4-9H2,2-3H3,(H,16,18);/q-2;+2. The SMILES string of the molecule is [CH2-]CC(=O)C(CCCSCC(N[CH2-])C(C)=O)NC(C)=O.[W+2]. The summed E-state index contributed by atoms with van der Waals surface area (Å²) in [6, 6.07) is -0.673. The van der Waals surface area contributed by atoms with E-state index in [1.807, 2.05) is 0 Å². The van der Waals surface area contributed by atoms with Crippen LogP contribution in [-0.4, -0.2) is 41.1 Å². The van der Waals surface area contributed by atoms with Crippen LogP contribution in [0.15, 0.2) is 0 Å². The maximum atomic E-state index is 11.6. The van der Waals surface area contributed by atoms with Crippen LogP contribution >= 0.6 is 11.8 Å². The number of amides is 1. The van der Waals surface area contributed by atoms with Gasteiger partial charge in [-0.3, -0.25) is 16.6 Å². The number of hydrogen-bond donors (Lipinski definition) is 2. The van der Waals surface area contributed by atoms with E-state index in [-0.39, 0.29) is 51.0 Å². The smallest absolute Gasteiger partial charge is 0.463 e. The molecule has 0 saturated carbocycles. The van der Waals surface area contributed by atoms with Crippen LogP contribution in [-0.2, 0) is 35.4 Å². The number of thioether (sulfide) groups is 1. The maximum absolute atomic E-state index is 11.6. The van der Waals surface area contributed by atoms with Gasteiger partial charge in [-0.15, -0.1) is 6.42 Å². The van der Waals surface area contributed by atoms with Crippen LogP contribution in [0.3, 0.4) is 0 Å². The van der Waals surface area contributed by atoms with E-state index in [9.17, 15) is 14.4 Å². The van der Waals surface area contributed by atoms with Gasteiger partial charge in [-0.1, -0.05) is 0 Å². The molecule has 21 heavy (non-hydrogen) atoms. The molecule has 0 saturated heterocycles. The molecule has 0 aliphatic carbocycles. The molecule has 0 aromatic heterocycles. The zero-order chi connectivity index (χ0) is 15.5. The fourth-order valence-corrected chi connectivity index (χ4v) is 2.77. The Morgan fingerprint density at radius 1 is 1.19 bits per heavy atom. The molecule has 2 unspecified atom stereocenters. The Bertz CT molecular complexity index is 340. The van der Waals surface area contributed by atoms with Crippen LogP contribution in [0.1, 0.15) is 33.1 Å². The summed E-state index contributed by atoms with van der Waals surface area (Å²) in [5.74, 6) is 1.29. The van der Waals surface area contributed by atoms with E-state index in [1.54, 1.807) is 11.8 Å². The Hall–Kier alpha value is -0.192. The van der Waals surface area contributed by atoms with Crippen molar-refractivity contribution >= 4 is 29.2 Å². The number of rotatable bonds is 11. The van der Waals surface area contributed by atoms with Crippen LogP contribution in [0.5, 0.6) is 0 Å². The summed E-state index contributed by atoms with van der Waals surface area (Å²) >= 11 is 1.63. The average Bonchev–Trinajstić information content (AvgIpc) is 2.39. The third-order valence-electron chi connectivity index (χ3n) is 2.82. The molecule has 0 heterocycles. The normalized spacial score (nSPS) is 13.0. The molecule has 0 fully saturated rings. The van der Waals surface area contributed by atoms with Crippen molar-refractivity contribution in [2.45, 2.75) is 45.2 Å². The molecule has 5 nitrogen and oxygen atoms in total. The van der Waals surface area contributed by atoms with Crippen LogP contribution in [0, 0.1) is 14.0 Å². The quantitative estimate of drug-likeness (QED) is 0.340. The first-order valence-corrected chi connectivity index (χ1v) is 7.77. The summed E-state index contributed by atoms with van der Waals surface area (Å²) in [7, 11) is 3.52. The predicted octanol–water partition coefficient (Wildman–Crippen LogP) is 1.13. The average molecular weight is 484 g/mol. The second kappa shape index (κ2) is 13.5. The van der Waals surface area contributed by atoms with Gasteiger partial charge in [0, 0.05) is 18.7 Å². The molecule has 2 atom stereocenters. The fraction of sp³-hybridized carbons (Fsp3) is 0.643. The molecule has 7 heteroatoms. The molecular weight excluding hydrogens is 460 g/mol. The zero-order valence-corrected chi connectivity index (χ0v) is 16.4. The molecule has 1 amide bonds. The Balaban J connectivity index is 0. The molecule has 0 spiro atoms. The van der Waals surface area contributed by atoms with Gasteiger partial charge in [-0.05, 0) is 25.5 Å². The molecule has 0 aromatic rings. The van der Waals surface area contributed by atoms with Gasteiger partial charge in [0.05, 0.1) is 6.04 Å². The van der Waals surface area contributed by atoms with Gasteiger partial charge in [-0.2, -0.15) is 11.8 Å². The summed E-state index contributed by atoms with van der Waals surface area (Å²) in [4.78, 5) is 33.8. The second-order valence-electron chi connectivity index (χ2n) is 4.55. The molecule has 0 aliphatic heterocycles. The minimum Gasteiger partial charge on any atom is -0.463 e. The molecule has 120 valence electrons. The first-order chi connectivity index (χ1) is 9.42. The Kier molecular flexibility index (Phi) is 14.8. The van der Waals surface area contributed by atoms with Gasteiger partial charge in [-0.25, -0.2) is 0 Å². The summed E-state index contributed by atoms with van der Waals surface area (Å²) in [6.45, 7) is 6.48. The summed E-state index contributed by atoms with van der Waals surface area (Å²) in [6.07, 6.45) is 1.57. The topological polar surface area (TPSA) is 75.3 Å². The van der Waals surface area contributed by atoms with Gasteiger partial charge in [0.2, 0.25) is 5.91 Å². The van der Waals surface area contributed by atoms with Crippen molar-refractivity contribution in [3.63, 3.8) is 0 Å². The number of carbonyl (C=O) groups is 3. The molecular formula is C14H24N2O3SW. The van der Waals surface area contributed by atoms with Crippen molar-refractivity contribution in [1.29, 1.82) is 0 Å². The zero-order valence-electron chi connectivity index (χ0n) is 12.6. The van der Waals surface area contributed by atoms with Crippen molar-refractivity contribution in [2.75, 3.05) is 11.5 Å². The number of nitrogens with one attached hydrogen (secondary N) is 2. The van der Waals surface area contributed by atoms with E-state index >= 15 is 0 Å². The number of hydrogen-bond acceptors (Lipinski definition) is 5. The van der Waals surface area contributed by atoms with Crippen molar-refractivity contribution in [1.82, 2.24) is 10.6 Å². The van der Waals surface area contributed by atoms with Crippen molar-refractivity contribution in [3.05, 3.63) is 14.0 Å². The summed E-state index contributed by atoms with van der Waals surface area (Å²) in [5.41, 5.74) is 0. The van der Waals surface area contributed by atoms with Gasteiger partial charge < -0.3 is 22.4 Å². The summed E-state index contributed by atoms with van der Waals surface area (Å²) < 4.78 is 0. The Morgan fingerprint density at radius 2 is 1.81 bits per heavy atom.